The number of ether oxygens (including phenoxy) is 1. The smallest absolute Gasteiger partial charge is 0.264 e. The molecule has 6 heteroatoms. The first-order valence-electron chi connectivity index (χ1n) is 6.44. The molecule has 0 atom stereocenters. The lowest BCUT2D eigenvalue weighted by Crippen LogP contribution is -2.17. The van der Waals surface area contributed by atoms with E-state index in [1.54, 1.807) is 18.9 Å². The highest BCUT2D eigenvalue weighted by Gasteiger charge is 2.19. The summed E-state index contributed by atoms with van der Waals surface area (Å²) in [6.45, 7) is 4.18. The predicted molar refractivity (Wildman–Crippen MR) is 84.0 cm³/mol. The van der Waals surface area contributed by atoms with Crippen molar-refractivity contribution in [1.29, 1.82) is 0 Å². The average Bonchev–Trinajstić information content (AvgIpc) is 2.35. The summed E-state index contributed by atoms with van der Waals surface area (Å²) in [7, 11) is -2.20. The second kappa shape index (κ2) is 7.33. The van der Waals surface area contributed by atoms with Gasteiger partial charge in [0, 0.05) is 10.5 Å². The van der Waals surface area contributed by atoms with Crippen molar-refractivity contribution in [2.45, 2.75) is 37.2 Å². The van der Waals surface area contributed by atoms with Crippen LogP contribution < -0.4 is 4.74 Å². The molecule has 0 amide bonds. The van der Waals surface area contributed by atoms with E-state index < -0.39 is 10.1 Å². The van der Waals surface area contributed by atoms with E-state index in [9.17, 15) is 8.42 Å². The quantitative estimate of drug-likeness (QED) is 0.745. The monoisotopic (exact) mass is 318 g/mol. The van der Waals surface area contributed by atoms with Crippen LogP contribution in [-0.2, 0) is 15.9 Å². The van der Waals surface area contributed by atoms with Crippen LogP contribution in [0.15, 0.2) is 24.3 Å². The Kier molecular flexibility index (Phi) is 6.36. The first-order valence-corrected chi connectivity index (χ1v) is 9.03. The lowest BCUT2D eigenvalue weighted by atomic mass is 10.1. The van der Waals surface area contributed by atoms with Gasteiger partial charge in [-0.25, -0.2) is 0 Å². The number of hydrogen-bond donors (Lipinski definition) is 1. The fourth-order valence-corrected chi connectivity index (χ4v) is 3.30. The third-order valence-electron chi connectivity index (χ3n) is 2.97. The zero-order chi connectivity index (χ0) is 15.2. The number of benzene rings is 1. The van der Waals surface area contributed by atoms with Crippen LogP contribution in [0, 0.1) is 0 Å². The van der Waals surface area contributed by atoms with Crippen LogP contribution in [0.4, 0.5) is 0 Å². The Bertz CT molecular complexity index is 506. The molecule has 1 N–H and O–H groups in total. The first-order chi connectivity index (χ1) is 9.22. The van der Waals surface area contributed by atoms with Crippen molar-refractivity contribution in [2.75, 3.05) is 12.9 Å². The van der Waals surface area contributed by atoms with Crippen LogP contribution in [0.3, 0.4) is 0 Å². The van der Waals surface area contributed by atoms with Crippen molar-refractivity contribution in [3.63, 3.8) is 0 Å². The number of hydrogen-bond acceptors (Lipinski definition) is 4. The van der Waals surface area contributed by atoms with Gasteiger partial charge in [0.25, 0.3) is 10.1 Å². The molecule has 0 aliphatic carbocycles. The molecule has 0 aliphatic rings. The first kappa shape index (κ1) is 17.3. The zero-order valence-electron chi connectivity index (χ0n) is 12.1. The molecule has 0 saturated heterocycles. The summed E-state index contributed by atoms with van der Waals surface area (Å²) in [6, 6.07) is 7.92. The predicted octanol–water partition coefficient (Wildman–Crippen LogP) is 3.38. The minimum absolute atomic E-state index is 0.0232. The van der Waals surface area contributed by atoms with Gasteiger partial charge in [-0.2, -0.15) is 20.2 Å². The Morgan fingerprint density at radius 2 is 1.85 bits per heavy atom. The lowest BCUT2D eigenvalue weighted by Gasteiger charge is -2.23. The van der Waals surface area contributed by atoms with E-state index >= 15 is 0 Å². The standard InChI is InChI=1S/C14H22O4S2/c1-14(2,9-4-10-20(15,16)17)19-11-12-5-7-13(18-3)8-6-12/h5-8H,4,9-11H2,1-3H3,(H,15,16,17). The summed E-state index contributed by atoms with van der Waals surface area (Å²) >= 11 is 1.78. The molecule has 0 saturated carbocycles. The molecule has 114 valence electrons. The second-order valence-corrected chi connectivity index (χ2v) is 8.54. The molecule has 0 spiro atoms. The number of thioether (sulfide) groups is 1. The van der Waals surface area contributed by atoms with Crippen LogP contribution in [0.1, 0.15) is 32.3 Å². The normalized spacial score (nSPS) is 12.4. The Balaban J connectivity index is 2.41. The molecule has 0 radical (unpaired) electrons. The summed E-state index contributed by atoms with van der Waals surface area (Å²) in [5, 5.41) is 0. The summed E-state index contributed by atoms with van der Waals surface area (Å²) in [5.41, 5.74) is 1.21. The summed E-state index contributed by atoms with van der Waals surface area (Å²) in [5.74, 6) is 1.54. The van der Waals surface area contributed by atoms with Gasteiger partial charge < -0.3 is 4.74 Å². The van der Waals surface area contributed by atoms with Crippen LogP contribution >= 0.6 is 11.8 Å². The summed E-state index contributed by atoms with van der Waals surface area (Å²) < 4.78 is 35.2. The van der Waals surface area contributed by atoms with Crippen LogP contribution in [0.5, 0.6) is 5.75 Å². The molecule has 20 heavy (non-hydrogen) atoms. The van der Waals surface area contributed by atoms with Gasteiger partial charge in [-0.3, -0.25) is 4.55 Å². The molecule has 0 fully saturated rings. The molecule has 0 aliphatic heterocycles. The van der Waals surface area contributed by atoms with Gasteiger partial charge in [0.2, 0.25) is 0 Å². The lowest BCUT2D eigenvalue weighted by molar-refractivity contribution is 0.414. The minimum atomic E-state index is -3.84. The van der Waals surface area contributed by atoms with Gasteiger partial charge in [0.1, 0.15) is 5.75 Å². The molecule has 0 aromatic heterocycles. The highest BCUT2D eigenvalue weighted by atomic mass is 32.2. The fraction of sp³-hybridized carbons (Fsp3) is 0.571. The molecule has 1 aromatic rings. The van der Waals surface area contributed by atoms with Gasteiger partial charge >= 0.3 is 0 Å². The van der Waals surface area contributed by atoms with Crippen molar-refractivity contribution in [2.24, 2.45) is 0 Å². The maximum atomic E-state index is 10.7. The second-order valence-electron chi connectivity index (χ2n) is 5.29. The van der Waals surface area contributed by atoms with Crippen molar-refractivity contribution in [3.8, 4) is 5.75 Å². The van der Waals surface area contributed by atoms with Crippen molar-refractivity contribution < 1.29 is 17.7 Å². The maximum absolute atomic E-state index is 10.7. The van der Waals surface area contributed by atoms with Gasteiger partial charge in [-0.05, 0) is 30.5 Å². The van der Waals surface area contributed by atoms with Gasteiger partial charge in [0.05, 0.1) is 12.9 Å². The van der Waals surface area contributed by atoms with E-state index in [0.717, 1.165) is 17.9 Å². The molecule has 1 aromatic carbocycles. The largest absolute Gasteiger partial charge is 0.497 e. The molecule has 0 unspecified atom stereocenters. The van der Waals surface area contributed by atoms with E-state index in [-0.39, 0.29) is 10.5 Å². The van der Waals surface area contributed by atoms with Crippen LogP contribution in [0.2, 0.25) is 0 Å². The summed E-state index contributed by atoms with van der Waals surface area (Å²) in [6.07, 6.45) is 1.22. The molecule has 0 heterocycles. The maximum Gasteiger partial charge on any atom is 0.264 e. The average molecular weight is 318 g/mol. The zero-order valence-corrected chi connectivity index (χ0v) is 13.8. The third-order valence-corrected chi connectivity index (χ3v) is 5.24. The Morgan fingerprint density at radius 3 is 2.35 bits per heavy atom. The van der Waals surface area contributed by atoms with Gasteiger partial charge in [-0.15, -0.1) is 0 Å². The SMILES string of the molecule is COc1ccc(CSC(C)(C)CCCS(=O)(=O)O)cc1. The van der Waals surface area contributed by atoms with Crippen molar-refractivity contribution in [1.82, 2.24) is 0 Å². The van der Waals surface area contributed by atoms with E-state index in [0.29, 0.717) is 6.42 Å². The number of rotatable bonds is 8. The van der Waals surface area contributed by atoms with Crippen molar-refractivity contribution >= 4 is 21.9 Å². The highest BCUT2D eigenvalue weighted by molar-refractivity contribution is 7.99. The van der Waals surface area contributed by atoms with Crippen LogP contribution in [0.25, 0.3) is 0 Å². The molecule has 1 rings (SSSR count). The van der Waals surface area contributed by atoms with E-state index in [2.05, 4.69) is 13.8 Å². The van der Waals surface area contributed by atoms with E-state index in [4.69, 9.17) is 9.29 Å². The van der Waals surface area contributed by atoms with E-state index in [1.165, 1.54) is 5.56 Å². The number of methoxy groups -OCH3 is 1. The molecular weight excluding hydrogens is 296 g/mol. The molecule has 4 nitrogen and oxygen atoms in total. The Hall–Kier alpha value is -0.720. The highest BCUT2D eigenvalue weighted by Crippen LogP contribution is 2.32. The van der Waals surface area contributed by atoms with Gasteiger partial charge in [-0.1, -0.05) is 26.0 Å². The minimum Gasteiger partial charge on any atom is -0.497 e. The topological polar surface area (TPSA) is 63.6 Å². The van der Waals surface area contributed by atoms with Crippen molar-refractivity contribution in [3.05, 3.63) is 29.8 Å². The van der Waals surface area contributed by atoms with E-state index in [1.807, 2.05) is 24.3 Å². The molecular formula is C14H22O4S2. The summed E-state index contributed by atoms with van der Waals surface area (Å²) in [4.78, 5) is 0. The third kappa shape index (κ3) is 7.17. The Labute approximate surface area is 125 Å². The fourth-order valence-electron chi connectivity index (χ4n) is 1.75. The Morgan fingerprint density at radius 1 is 1.25 bits per heavy atom. The van der Waals surface area contributed by atoms with Gasteiger partial charge in [0.15, 0.2) is 0 Å². The van der Waals surface area contributed by atoms with Crippen LogP contribution in [-0.4, -0.2) is 30.6 Å². The molecule has 0 bridgehead atoms.